The Hall–Kier alpha value is -3.33. The highest BCUT2D eigenvalue weighted by atomic mass is 32.1. The number of hydrogen-bond donors (Lipinski definition) is 2. The van der Waals surface area contributed by atoms with Crippen molar-refractivity contribution in [2.45, 2.75) is 6.92 Å². The minimum atomic E-state index is -1.36. The number of amides is 2. The number of nitrogens with one attached hydrogen (secondary N) is 1. The Kier molecular flexibility index (Phi) is 4.87. The summed E-state index contributed by atoms with van der Waals surface area (Å²) >= 11 is 1.14. The number of aryl methyl sites for hydroxylation is 1. The van der Waals surface area contributed by atoms with Gasteiger partial charge in [-0.05, 0) is 36.8 Å². The summed E-state index contributed by atoms with van der Waals surface area (Å²) in [5, 5.41) is 12.3. The maximum Gasteiger partial charge on any atom is 0.351 e. The Morgan fingerprint density at radius 3 is 2.63 bits per heavy atom. The van der Waals surface area contributed by atoms with Crippen LogP contribution in [0.25, 0.3) is 10.3 Å². The molecule has 0 fully saturated rings. The molecule has 0 aliphatic heterocycles. The van der Waals surface area contributed by atoms with Gasteiger partial charge in [0.15, 0.2) is 5.58 Å². The molecule has 0 atom stereocenters. The quantitative estimate of drug-likeness (QED) is 0.708. The Morgan fingerprint density at radius 2 is 2.00 bits per heavy atom. The van der Waals surface area contributed by atoms with E-state index in [1.54, 1.807) is 32.4 Å². The first-order chi connectivity index (χ1) is 12.8. The second kappa shape index (κ2) is 7.12. The molecule has 27 heavy (non-hydrogen) atoms. The van der Waals surface area contributed by atoms with E-state index in [2.05, 4.69) is 5.32 Å². The molecule has 3 rings (SSSR count). The van der Waals surface area contributed by atoms with Gasteiger partial charge in [0, 0.05) is 18.8 Å². The molecular formula is C18H16N2O6S. The number of anilines is 2. The third-order valence-electron chi connectivity index (χ3n) is 3.95. The molecule has 0 aliphatic carbocycles. The number of carboxylic acids is 1. The molecule has 8 nitrogen and oxygen atoms in total. The summed E-state index contributed by atoms with van der Waals surface area (Å²) in [6.45, 7) is 1.85. The summed E-state index contributed by atoms with van der Waals surface area (Å²) in [6.07, 6.45) is 0. The molecule has 2 N–H and O–H groups in total. The zero-order valence-corrected chi connectivity index (χ0v) is 15.5. The van der Waals surface area contributed by atoms with Crippen molar-refractivity contribution in [1.29, 1.82) is 0 Å². The number of rotatable bonds is 4. The number of carboxylic acid groups (broad SMARTS) is 1. The van der Waals surface area contributed by atoms with Crippen LogP contribution >= 0.6 is 11.3 Å². The predicted molar refractivity (Wildman–Crippen MR) is 102 cm³/mol. The number of methoxy groups -OCH3 is 1. The molecule has 0 saturated carbocycles. The van der Waals surface area contributed by atoms with Crippen molar-refractivity contribution >= 4 is 44.3 Å². The average Bonchev–Trinajstić information content (AvgIpc) is 3.04. The molecule has 2 aromatic heterocycles. The molecule has 2 amide bonds. The van der Waals surface area contributed by atoms with Crippen molar-refractivity contribution in [2.75, 3.05) is 24.4 Å². The number of thiophene rings is 1. The van der Waals surface area contributed by atoms with E-state index >= 15 is 0 Å². The number of nitrogens with zero attached hydrogens (tertiary/aromatic N) is 1. The summed E-state index contributed by atoms with van der Waals surface area (Å²) in [6, 6.07) is 7.66. The monoisotopic (exact) mass is 388 g/mol. The van der Waals surface area contributed by atoms with Gasteiger partial charge in [-0.3, -0.25) is 4.90 Å². The van der Waals surface area contributed by atoms with Crippen LogP contribution in [0.3, 0.4) is 0 Å². The first-order valence-electron chi connectivity index (χ1n) is 7.80. The van der Waals surface area contributed by atoms with Gasteiger partial charge in [-0.25, -0.2) is 14.4 Å². The van der Waals surface area contributed by atoms with Gasteiger partial charge < -0.3 is 19.6 Å². The van der Waals surface area contributed by atoms with Crippen molar-refractivity contribution in [3.8, 4) is 5.75 Å². The van der Waals surface area contributed by atoms with Gasteiger partial charge in [0.2, 0.25) is 0 Å². The topological polar surface area (TPSA) is 109 Å². The van der Waals surface area contributed by atoms with Crippen molar-refractivity contribution in [1.82, 2.24) is 0 Å². The number of carbonyl (C=O) groups excluding carboxylic acids is 1. The fourth-order valence-corrected chi connectivity index (χ4v) is 3.41. The van der Waals surface area contributed by atoms with Gasteiger partial charge in [0.1, 0.15) is 16.3 Å². The van der Waals surface area contributed by atoms with Crippen LogP contribution in [0.5, 0.6) is 5.75 Å². The minimum Gasteiger partial charge on any atom is -0.497 e. The molecule has 2 heterocycles. The van der Waals surface area contributed by atoms with Crippen LogP contribution in [0.1, 0.15) is 15.9 Å². The van der Waals surface area contributed by atoms with Crippen LogP contribution in [0, 0.1) is 6.92 Å². The van der Waals surface area contributed by atoms with E-state index in [9.17, 15) is 14.4 Å². The Balaban J connectivity index is 1.86. The summed E-state index contributed by atoms with van der Waals surface area (Å²) in [5.41, 5.74) is 0.320. The van der Waals surface area contributed by atoms with Gasteiger partial charge in [0.05, 0.1) is 11.8 Å². The number of urea groups is 1. The van der Waals surface area contributed by atoms with Crippen LogP contribution in [0.2, 0.25) is 0 Å². The largest absolute Gasteiger partial charge is 0.497 e. The highest BCUT2D eigenvalue weighted by molar-refractivity contribution is 7.22. The lowest BCUT2D eigenvalue weighted by Crippen LogP contribution is -2.30. The lowest BCUT2D eigenvalue weighted by Gasteiger charge is -2.17. The highest BCUT2D eigenvalue weighted by Gasteiger charge is 2.18. The van der Waals surface area contributed by atoms with Gasteiger partial charge >= 0.3 is 17.6 Å². The van der Waals surface area contributed by atoms with E-state index < -0.39 is 23.2 Å². The molecule has 0 aliphatic rings. The zero-order valence-electron chi connectivity index (χ0n) is 14.7. The van der Waals surface area contributed by atoms with Crippen molar-refractivity contribution in [3.63, 3.8) is 0 Å². The standard InChI is InChI=1S/C18H16N2O6S/c1-9-6-10(25-3)4-5-12(9)19-18(24)20(2)15-8-13-14(27-15)7-11(16(21)22)17(23)26-13/h4-8H,1-3H3,(H,19,24)(H,21,22). The second-order valence-corrected chi connectivity index (χ2v) is 6.80. The van der Waals surface area contributed by atoms with Crippen LogP contribution in [-0.2, 0) is 0 Å². The summed E-state index contributed by atoms with van der Waals surface area (Å²) in [7, 11) is 3.13. The fourth-order valence-electron chi connectivity index (χ4n) is 2.42. The normalized spacial score (nSPS) is 10.6. The molecule has 1 aromatic carbocycles. The highest BCUT2D eigenvalue weighted by Crippen LogP contribution is 2.32. The molecule has 0 radical (unpaired) electrons. The molecule has 0 spiro atoms. The summed E-state index contributed by atoms with van der Waals surface area (Å²) in [5.74, 6) is -0.672. The molecule has 3 aromatic rings. The minimum absolute atomic E-state index is 0.227. The van der Waals surface area contributed by atoms with Crippen LogP contribution in [0.4, 0.5) is 15.5 Å². The van der Waals surface area contributed by atoms with Crippen LogP contribution in [0.15, 0.2) is 39.5 Å². The lowest BCUT2D eigenvalue weighted by molar-refractivity contribution is 0.0692. The molecule has 140 valence electrons. The fraction of sp³-hybridized carbons (Fsp3) is 0.167. The number of benzene rings is 1. The molecule has 9 heteroatoms. The predicted octanol–water partition coefficient (Wildman–Crippen LogP) is 3.54. The molecule has 0 bridgehead atoms. The molecule has 0 unspecified atom stereocenters. The Labute approximate surface area is 157 Å². The van der Waals surface area contributed by atoms with E-state index in [-0.39, 0.29) is 5.58 Å². The van der Waals surface area contributed by atoms with Gasteiger partial charge in [-0.15, -0.1) is 11.3 Å². The number of aromatic carboxylic acids is 1. The number of fused-ring (bicyclic) bond motifs is 1. The van der Waals surface area contributed by atoms with Crippen molar-refractivity contribution in [2.24, 2.45) is 0 Å². The Bertz CT molecular complexity index is 1100. The summed E-state index contributed by atoms with van der Waals surface area (Å²) in [4.78, 5) is 36.6. The number of ether oxygens (including phenoxy) is 1. The lowest BCUT2D eigenvalue weighted by atomic mass is 10.2. The third-order valence-corrected chi connectivity index (χ3v) is 5.09. The number of carbonyl (C=O) groups is 2. The average molecular weight is 388 g/mol. The van der Waals surface area contributed by atoms with E-state index in [0.29, 0.717) is 21.1 Å². The smallest absolute Gasteiger partial charge is 0.351 e. The van der Waals surface area contributed by atoms with E-state index in [0.717, 1.165) is 16.9 Å². The molecule has 0 saturated heterocycles. The Morgan fingerprint density at radius 1 is 1.26 bits per heavy atom. The SMILES string of the molecule is COc1ccc(NC(=O)N(C)c2cc3oc(=O)c(C(=O)O)cc3s2)c(C)c1. The van der Waals surface area contributed by atoms with Gasteiger partial charge in [-0.1, -0.05) is 0 Å². The van der Waals surface area contributed by atoms with Gasteiger partial charge in [0.25, 0.3) is 0 Å². The third kappa shape index (κ3) is 3.63. The van der Waals surface area contributed by atoms with E-state index in [1.165, 1.54) is 17.0 Å². The maximum absolute atomic E-state index is 12.5. The second-order valence-electron chi connectivity index (χ2n) is 5.74. The van der Waals surface area contributed by atoms with Crippen molar-refractivity contribution < 1.29 is 23.8 Å². The van der Waals surface area contributed by atoms with Crippen molar-refractivity contribution in [3.05, 3.63) is 51.9 Å². The van der Waals surface area contributed by atoms with E-state index in [4.69, 9.17) is 14.3 Å². The first-order valence-corrected chi connectivity index (χ1v) is 8.62. The first kappa shape index (κ1) is 18.5. The number of hydrogen-bond acceptors (Lipinski definition) is 6. The summed E-state index contributed by atoms with van der Waals surface area (Å²) < 4.78 is 10.6. The van der Waals surface area contributed by atoms with Crippen LogP contribution < -0.4 is 20.6 Å². The van der Waals surface area contributed by atoms with Crippen LogP contribution in [-0.4, -0.2) is 31.3 Å². The maximum atomic E-state index is 12.5. The molecular weight excluding hydrogens is 372 g/mol. The van der Waals surface area contributed by atoms with E-state index in [1.807, 2.05) is 6.92 Å². The zero-order chi connectivity index (χ0) is 19.7. The van der Waals surface area contributed by atoms with Gasteiger partial charge in [-0.2, -0.15) is 0 Å².